The minimum absolute atomic E-state index is 0.729. The van der Waals surface area contributed by atoms with Gasteiger partial charge in [0.15, 0.2) is 0 Å². The summed E-state index contributed by atoms with van der Waals surface area (Å²) in [6, 6.07) is 0.729. The van der Waals surface area contributed by atoms with Gasteiger partial charge in [-0.2, -0.15) is 0 Å². The van der Waals surface area contributed by atoms with Gasteiger partial charge >= 0.3 is 0 Å². The van der Waals surface area contributed by atoms with Crippen LogP contribution in [0.5, 0.6) is 0 Å². The summed E-state index contributed by atoms with van der Waals surface area (Å²) in [6.45, 7) is 11.9. The predicted molar refractivity (Wildman–Crippen MR) is 59.9 cm³/mol. The quantitative estimate of drug-likeness (QED) is 0.669. The molecule has 0 spiro atoms. The topological polar surface area (TPSA) is 6.48 Å². The molecule has 2 aliphatic heterocycles. The van der Waals surface area contributed by atoms with Crippen LogP contribution in [0.1, 0.15) is 40.5 Å². The molecule has 0 N–H and O–H groups in total. The van der Waals surface area contributed by atoms with E-state index in [9.17, 15) is 0 Å². The van der Waals surface area contributed by atoms with Gasteiger partial charge in [0.2, 0.25) is 0 Å². The minimum atomic E-state index is 0.729. The monoisotopic (exact) mass is 196 g/mol. The summed E-state index contributed by atoms with van der Waals surface area (Å²) in [6.07, 6.45) is 3.60. The van der Waals surface area contributed by atoms with Crippen molar-refractivity contribution in [3.8, 4) is 0 Å². The SMILES string of the molecule is CC(C)C1CCC2N(C1)CN2C(C)C. The van der Waals surface area contributed by atoms with Crippen molar-refractivity contribution in [1.82, 2.24) is 9.80 Å². The maximum atomic E-state index is 2.66. The number of piperidine rings is 1. The molecule has 2 heterocycles. The standard InChI is InChI=1S/C12H24N2/c1-9(2)11-5-6-12-13(7-11)8-14(12)10(3)4/h9-12H,5-8H2,1-4H3. The minimum Gasteiger partial charge on any atom is -0.274 e. The first-order valence-corrected chi connectivity index (χ1v) is 6.09. The highest BCUT2D eigenvalue weighted by atomic mass is 15.5. The highest BCUT2D eigenvalue weighted by Crippen LogP contribution is 2.35. The van der Waals surface area contributed by atoms with E-state index in [4.69, 9.17) is 0 Å². The number of hydrogen-bond acceptors (Lipinski definition) is 2. The molecule has 0 aromatic rings. The van der Waals surface area contributed by atoms with Crippen molar-refractivity contribution < 1.29 is 0 Å². The Labute approximate surface area is 88.3 Å². The maximum absolute atomic E-state index is 2.66. The molecule has 2 atom stereocenters. The van der Waals surface area contributed by atoms with E-state index in [1.54, 1.807) is 0 Å². The third kappa shape index (κ3) is 1.70. The van der Waals surface area contributed by atoms with Crippen LogP contribution >= 0.6 is 0 Å². The fourth-order valence-corrected chi connectivity index (χ4v) is 2.85. The molecular weight excluding hydrogens is 172 g/mol. The Balaban J connectivity index is 1.87. The molecule has 2 unspecified atom stereocenters. The number of hydrogen-bond donors (Lipinski definition) is 0. The van der Waals surface area contributed by atoms with E-state index < -0.39 is 0 Å². The van der Waals surface area contributed by atoms with E-state index in [1.165, 1.54) is 26.1 Å². The van der Waals surface area contributed by atoms with Gasteiger partial charge in [0.05, 0.1) is 12.8 Å². The van der Waals surface area contributed by atoms with Crippen molar-refractivity contribution in [1.29, 1.82) is 0 Å². The van der Waals surface area contributed by atoms with Gasteiger partial charge in [-0.3, -0.25) is 9.80 Å². The first-order valence-electron chi connectivity index (χ1n) is 6.09. The molecule has 14 heavy (non-hydrogen) atoms. The zero-order chi connectivity index (χ0) is 10.3. The van der Waals surface area contributed by atoms with Crippen LogP contribution in [0.25, 0.3) is 0 Å². The van der Waals surface area contributed by atoms with Crippen LogP contribution in [0.4, 0.5) is 0 Å². The van der Waals surface area contributed by atoms with Gasteiger partial charge < -0.3 is 0 Å². The van der Waals surface area contributed by atoms with Crippen molar-refractivity contribution in [3.05, 3.63) is 0 Å². The molecule has 2 saturated heterocycles. The average Bonchev–Trinajstić information content (AvgIpc) is 2.05. The molecule has 0 radical (unpaired) electrons. The van der Waals surface area contributed by atoms with Crippen molar-refractivity contribution in [3.63, 3.8) is 0 Å². The van der Waals surface area contributed by atoms with Crippen molar-refractivity contribution in [2.45, 2.75) is 52.7 Å². The molecule has 2 heteroatoms. The Morgan fingerprint density at radius 1 is 1.07 bits per heavy atom. The summed E-state index contributed by atoms with van der Waals surface area (Å²) in [4.78, 5) is 5.28. The second kappa shape index (κ2) is 3.82. The molecule has 0 aromatic carbocycles. The lowest BCUT2D eigenvalue weighted by Crippen LogP contribution is -2.68. The lowest BCUT2D eigenvalue weighted by atomic mass is 9.85. The molecule has 2 fully saturated rings. The van der Waals surface area contributed by atoms with Gasteiger partial charge in [-0.15, -0.1) is 0 Å². The van der Waals surface area contributed by atoms with Crippen LogP contribution in [-0.4, -0.2) is 35.2 Å². The van der Waals surface area contributed by atoms with E-state index in [0.29, 0.717) is 0 Å². The molecular formula is C12H24N2. The summed E-state index contributed by atoms with van der Waals surface area (Å²) in [5.74, 6) is 1.81. The Morgan fingerprint density at radius 3 is 2.29 bits per heavy atom. The summed E-state index contributed by atoms with van der Waals surface area (Å²) >= 11 is 0. The summed E-state index contributed by atoms with van der Waals surface area (Å²) in [7, 11) is 0. The van der Waals surface area contributed by atoms with E-state index >= 15 is 0 Å². The van der Waals surface area contributed by atoms with E-state index in [2.05, 4.69) is 37.5 Å². The highest BCUT2D eigenvalue weighted by Gasteiger charge is 2.41. The second-order valence-electron chi connectivity index (χ2n) is 5.58. The zero-order valence-electron chi connectivity index (χ0n) is 10.0. The number of rotatable bonds is 2. The van der Waals surface area contributed by atoms with E-state index in [0.717, 1.165) is 24.0 Å². The largest absolute Gasteiger partial charge is 0.274 e. The number of nitrogens with zero attached hydrogens (tertiary/aromatic N) is 2. The Kier molecular flexibility index (Phi) is 2.85. The molecule has 2 rings (SSSR count). The Morgan fingerprint density at radius 2 is 1.79 bits per heavy atom. The van der Waals surface area contributed by atoms with Crippen molar-refractivity contribution in [2.24, 2.45) is 11.8 Å². The third-order valence-electron chi connectivity index (χ3n) is 4.02. The molecule has 0 aliphatic carbocycles. The molecule has 2 nitrogen and oxygen atoms in total. The smallest absolute Gasteiger partial charge is 0.0647 e. The summed E-state index contributed by atoms with van der Waals surface area (Å²) in [5.41, 5.74) is 0. The van der Waals surface area contributed by atoms with E-state index in [1.807, 2.05) is 0 Å². The van der Waals surface area contributed by atoms with Gasteiger partial charge in [0, 0.05) is 12.6 Å². The molecule has 0 amide bonds. The lowest BCUT2D eigenvalue weighted by molar-refractivity contribution is -0.158. The van der Waals surface area contributed by atoms with Crippen LogP contribution in [0.15, 0.2) is 0 Å². The zero-order valence-corrected chi connectivity index (χ0v) is 10.0. The molecule has 82 valence electrons. The van der Waals surface area contributed by atoms with Gasteiger partial charge in [-0.05, 0) is 38.5 Å². The molecule has 0 bridgehead atoms. The third-order valence-corrected chi connectivity index (χ3v) is 4.02. The average molecular weight is 196 g/mol. The van der Waals surface area contributed by atoms with Crippen molar-refractivity contribution >= 4 is 0 Å². The normalized spacial score (nSPS) is 34.7. The Bertz CT molecular complexity index is 192. The lowest BCUT2D eigenvalue weighted by Gasteiger charge is -2.57. The fraction of sp³-hybridized carbons (Fsp3) is 1.00. The van der Waals surface area contributed by atoms with Gasteiger partial charge in [-0.25, -0.2) is 0 Å². The first-order chi connectivity index (χ1) is 6.59. The van der Waals surface area contributed by atoms with Crippen LogP contribution < -0.4 is 0 Å². The van der Waals surface area contributed by atoms with Crippen LogP contribution in [0.2, 0.25) is 0 Å². The molecule has 0 saturated carbocycles. The second-order valence-corrected chi connectivity index (χ2v) is 5.58. The van der Waals surface area contributed by atoms with Crippen LogP contribution in [0.3, 0.4) is 0 Å². The molecule has 0 aromatic heterocycles. The molecule has 2 aliphatic rings. The van der Waals surface area contributed by atoms with Gasteiger partial charge in [0.1, 0.15) is 0 Å². The number of fused-ring (bicyclic) bond motifs is 1. The summed E-state index contributed by atoms with van der Waals surface area (Å²) in [5, 5.41) is 0. The summed E-state index contributed by atoms with van der Waals surface area (Å²) < 4.78 is 0. The van der Waals surface area contributed by atoms with Gasteiger partial charge in [-0.1, -0.05) is 13.8 Å². The fourth-order valence-electron chi connectivity index (χ4n) is 2.85. The highest BCUT2D eigenvalue weighted by molar-refractivity contribution is 4.90. The van der Waals surface area contributed by atoms with E-state index in [-0.39, 0.29) is 0 Å². The van der Waals surface area contributed by atoms with Crippen LogP contribution in [0, 0.1) is 11.8 Å². The van der Waals surface area contributed by atoms with Crippen LogP contribution in [-0.2, 0) is 0 Å². The van der Waals surface area contributed by atoms with Crippen molar-refractivity contribution in [2.75, 3.05) is 13.2 Å². The first kappa shape index (κ1) is 10.4. The predicted octanol–water partition coefficient (Wildman–Crippen LogP) is 2.36. The Hall–Kier alpha value is -0.0800. The maximum Gasteiger partial charge on any atom is 0.0647 e. The van der Waals surface area contributed by atoms with Gasteiger partial charge in [0.25, 0.3) is 0 Å².